The van der Waals surface area contributed by atoms with Gasteiger partial charge in [0.15, 0.2) is 0 Å². The van der Waals surface area contributed by atoms with Gasteiger partial charge in [-0.15, -0.1) is 0 Å². The zero-order valence-electron chi connectivity index (χ0n) is 12.6. The summed E-state index contributed by atoms with van der Waals surface area (Å²) >= 11 is 0. The summed E-state index contributed by atoms with van der Waals surface area (Å²) in [6.45, 7) is 0. The Morgan fingerprint density at radius 1 is 1.05 bits per heavy atom. The summed E-state index contributed by atoms with van der Waals surface area (Å²) in [5, 5.41) is 0. The fraction of sp³-hybridized carbons (Fsp3) is 0.368. The zero-order chi connectivity index (χ0) is 14.7. The molecule has 1 aliphatic carbocycles. The quantitative estimate of drug-likeness (QED) is 0.912. The van der Waals surface area contributed by atoms with Crippen LogP contribution in [0.25, 0.3) is 0 Å². The molecule has 0 radical (unpaired) electrons. The normalized spacial score (nSPS) is 15.7. The highest BCUT2D eigenvalue weighted by Gasteiger charge is 2.25. The third-order valence-electron chi connectivity index (χ3n) is 4.61. The van der Waals surface area contributed by atoms with E-state index in [0.717, 1.165) is 31.4 Å². The van der Waals surface area contributed by atoms with E-state index >= 15 is 0 Å². The van der Waals surface area contributed by atoms with Crippen LogP contribution in [-0.4, -0.2) is 13.2 Å². The molecule has 2 nitrogen and oxygen atoms in total. The van der Waals surface area contributed by atoms with Crippen molar-refractivity contribution in [2.75, 3.05) is 7.11 Å². The largest absolute Gasteiger partial charge is 0.497 e. The average Bonchev–Trinajstić information content (AvgIpc) is 2.97. The Balaban J connectivity index is 1.54. The number of hydrogen-bond donors (Lipinski definition) is 1. The van der Waals surface area contributed by atoms with Gasteiger partial charge in [-0.05, 0) is 60.4 Å². The number of fused-ring (bicyclic) bond motifs is 1. The Kier molecular flexibility index (Phi) is 4.26. The predicted octanol–water partition coefficient (Wildman–Crippen LogP) is 3.37. The number of benzene rings is 2. The van der Waals surface area contributed by atoms with Crippen molar-refractivity contribution in [1.29, 1.82) is 0 Å². The topological polar surface area (TPSA) is 35.2 Å². The highest BCUT2D eigenvalue weighted by atomic mass is 16.5. The molecule has 21 heavy (non-hydrogen) atoms. The molecule has 1 atom stereocenters. The minimum absolute atomic E-state index is 0.277. The molecule has 0 fully saturated rings. The molecule has 0 bridgehead atoms. The highest BCUT2D eigenvalue weighted by molar-refractivity contribution is 5.32. The maximum Gasteiger partial charge on any atom is 0.118 e. The molecule has 0 saturated heterocycles. The minimum Gasteiger partial charge on any atom is -0.497 e. The second-order valence-corrected chi connectivity index (χ2v) is 5.99. The number of ether oxygens (including phenoxy) is 1. The van der Waals surface area contributed by atoms with Crippen molar-refractivity contribution >= 4 is 0 Å². The van der Waals surface area contributed by atoms with Gasteiger partial charge in [-0.3, -0.25) is 0 Å². The SMILES string of the molecule is COc1ccc(CCC(N)C2Cc3ccccc3C2)cc1. The van der Waals surface area contributed by atoms with Crippen LogP contribution in [0.3, 0.4) is 0 Å². The van der Waals surface area contributed by atoms with E-state index in [2.05, 4.69) is 36.4 Å². The van der Waals surface area contributed by atoms with Crippen molar-refractivity contribution in [3.05, 3.63) is 65.2 Å². The average molecular weight is 281 g/mol. The Bertz CT molecular complexity index is 566. The molecule has 110 valence electrons. The van der Waals surface area contributed by atoms with Crippen LogP contribution in [0.5, 0.6) is 5.75 Å². The van der Waals surface area contributed by atoms with Crippen molar-refractivity contribution < 1.29 is 4.74 Å². The molecule has 1 aliphatic rings. The number of rotatable bonds is 5. The first-order chi connectivity index (χ1) is 10.3. The van der Waals surface area contributed by atoms with E-state index < -0.39 is 0 Å². The molecule has 2 N–H and O–H groups in total. The monoisotopic (exact) mass is 281 g/mol. The summed E-state index contributed by atoms with van der Waals surface area (Å²) in [7, 11) is 1.70. The molecule has 0 saturated carbocycles. The minimum atomic E-state index is 0.277. The van der Waals surface area contributed by atoms with E-state index in [9.17, 15) is 0 Å². The number of nitrogens with two attached hydrogens (primary N) is 1. The van der Waals surface area contributed by atoms with Gasteiger partial charge in [0.05, 0.1) is 7.11 Å². The fourth-order valence-electron chi connectivity index (χ4n) is 3.26. The second kappa shape index (κ2) is 6.31. The van der Waals surface area contributed by atoms with Gasteiger partial charge < -0.3 is 10.5 Å². The first-order valence-electron chi connectivity index (χ1n) is 7.71. The number of hydrogen-bond acceptors (Lipinski definition) is 2. The maximum absolute atomic E-state index is 6.44. The van der Waals surface area contributed by atoms with E-state index in [1.54, 1.807) is 7.11 Å². The molecule has 2 aromatic carbocycles. The highest BCUT2D eigenvalue weighted by Crippen LogP contribution is 2.29. The molecular formula is C19H23NO. The Morgan fingerprint density at radius 3 is 2.24 bits per heavy atom. The number of aryl methyl sites for hydroxylation is 1. The van der Waals surface area contributed by atoms with Gasteiger partial charge in [0.25, 0.3) is 0 Å². The molecule has 0 aromatic heterocycles. The summed E-state index contributed by atoms with van der Waals surface area (Å²) in [6, 6.07) is 17.3. The van der Waals surface area contributed by atoms with E-state index in [0.29, 0.717) is 5.92 Å². The van der Waals surface area contributed by atoms with E-state index in [1.165, 1.54) is 16.7 Å². The first-order valence-corrected chi connectivity index (χ1v) is 7.71. The summed E-state index contributed by atoms with van der Waals surface area (Å²) < 4.78 is 5.19. The van der Waals surface area contributed by atoms with Crippen LogP contribution in [0.1, 0.15) is 23.1 Å². The Morgan fingerprint density at radius 2 is 1.67 bits per heavy atom. The zero-order valence-corrected chi connectivity index (χ0v) is 12.6. The van der Waals surface area contributed by atoms with E-state index in [1.807, 2.05) is 12.1 Å². The first kappa shape index (κ1) is 14.2. The van der Waals surface area contributed by atoms with Gasteiger partial charge in [0.2, 0.25) is 0 Å². The second-order valence-electron chi connectivity index (χ2n) is 5.99. The van der Waals surface area contributed by atoms with Crippen LogP contribution < -0.4 is 10.5 Å². The number of methoxy groups -OCH3 is 1. The molecule has 2 aromatic rings. The molecule has 0 amide bonds. The molecular weight excluding hydrogens is 258 g/mol. The lowest BCUT2D eigenvalue weighted by Gasteiger charge is -2.18. The van der Waals surface area contributed by atoms with Crippen molar-refractivity contribution in [2.24, 2.45) is 11.7 Å². The Hall–Kier alpha value is -1.80. The van der Waals surface area contributed by atoms with Crippen LogP contribution in [0.4, 0.5) is 0 Å². The molecule has 0 spiro atoms. The van der Waals surface area contributed by atoms with Gasteiger partial charge >= 0.3 is 0 Å². The lowest BCUT2D eigenvalue weighted by atomic mass is 9.92. The fourth-order valence-corrected chi connectivity index (χ4v) is 3.26. The molecule has 3 rings (SSSR count). The predicted molar refractivity (Wildman–Crippen MR) is 86.6 cm³/mol. The maximum atomic E-state index is 6.44. The van der Waals surface area contributed by atoms with Crippen molar-refractivity contribution in [2.45, 2.75) is 31.7 Å². The van der Waals surface area contributed by atoms with Crippen LogP contribution in [0.2, 0.25) is 0 Å². The summed E-state index contributed by atoms with van der Waals surface area (Å²) in [4.78, 5) is 0. The lowest BCUT2D eigenvalue weighted by Crippen LogP contribution is -2.31. The summed E-state index contributed by atoms with van der Waals surface area (Å²) in [5.41, 5.74) is 10.7. The summed E-state index contributed by atoms with van der Waals surface area (Å²) in [5.74, 6) is 1.51. The summed E-state index contributed by atoms with van der Waals surface area (Å²) in [6.07, 6.45) is 4.36. The molecule has 1 unspecified atom stereocenters. The van der Waals surface area contributed by atoms with Gasteiger partial charge in [-0.2, -0.15) is 0 Å². The van der Waals surface area contributed by atoms with Gasteiger partial charge in [0.1, 0.15) is 5.75 Å². The molecule has 2 heteroatoms. The van der Waals surface area contributed by atoms with Gasteiger partial charge in [-0.25, -0.2) is 0 Å². The van der Waals surface area contributed by atoms with Crippen LogP contribution >= 0.6 is 0 Å². The van der Waals surface area contributed by atoms with Gasteiger partial charge in [-0.1, -0.05) is 36.4 Å². The smallest absolute Gasteiger partial charge is 0.118 e. The van der Waals surface area contributed by atoms with Crippen molar-refractivity contribution in [3.8, 4) is 5.75 Å². The van der Waals surface area contributed by atoms with Crippen LogP contribution in [0, 0.1) is 5.92 Å². The van der Waals surface area contributed by atoms with Crippen LogP contribution in [-0.2, 0) is 19.3 Å². The van der Waals surface area contributed by atoms with E-state index in [-0.39, 0.29) is 6.04 Å². The standard InChI is InChI=1S/C19H23NO/c1-21-18-9-6-14(7-10-18)8-11-19(20)17-12-15-4-2-3-5-16(15)13-17/h2-7,9-10,17,19H,8,11-13,20H2,1H3. The van der Waals surface area contributed by atoms with Crippen LogP contribution in [0.15, 0.2) is 48.5 Å². The van der Waals surface area contributed by atoms with Crippen molar-refractivity contribution in [1.82, 2.24) is 0 Å². The molecule has 0 aliphatic heterocycles. The molecule has 0 heterocycles. The third kappa shape index (κ3) is 3.27. The van der Waals surface area contributed by atoms with Gasteiger partial charge in [0, 0.05) is 6.04 Å². The van der Waals surface area contributed by atoms with Crippen molar-refractivity contribution in [3.63, 3.8) is 0 Å². The van der Waals surface area contributed by atoms with E-state index in [4.69, 9.17) is 10.5 Å². The Labute approximate surface area is 126 Å². The third-order valence-corrected chi connectivity index (χ3v) is 4.61. The lowest BCUT2D eigenvalue weighted by molar-refractivity contribution is 0.412.